The van der Waals surface area contributed by atoms with Gasteiger partial charge in [0.25, 0.3) is 5.56 Å². The lowest BCUT2D eigenvalue weighted by atomic mass is 10.0. The first-order valence-electron chi connectivity index (χ1n) is 8.66. The van der Waals surface area contributed by atoms with Crippen LogP contribution in [-0.2, 0) is 4.74 Å². The number of hydrogen-bond acceptors (Lipinski definition) is 5. The lowest BCUT2D eigenvalue weighted by Gasteiger charge is -2.22. The minimum atomic E-state index is -0.343. The summed E-state index contributed by atoms with van der Waals surface area (Å²) in [6.07, 6.45) is 7.28. The van der Waals surface area contributed by atoms with Gasteiger partial charge in [-0.05, 0) is 42.3 Å². The molecule has 1 aliphatic rings. The second kappa shape index (κ2) is 7.43. The van der Waals surface area contributed by atoms with Gasteiger partial charge in [-0.3, -0.25) is 9.78 Å². The molecular formula is C19H19ClN4O2. The number of rotatable bonds is 4. The van der Waals surface area contributed by atoms with E-state index in [1.165, 1.54) is 4.68 Å². The van der Waals surface area contributed by atoms with Crippen molar-refractivity contribution in [1.82, 2.24) is 14.8 Å². The Morgan fingerprint density at radius 2 is 2.19 bits per heavy atom. The fourth-order valence-electron chi connectivity index (χ4n) is 3.17. The average Bonchev–Trinajstić information content (AvgIpc) is 2.69. The van der Waals surface area contributed by atoms with Crippen molar-refractivity contribution in [2.24, 2.45) is 5.92 Å². The highest BCUT2D eigenvalue weighted by Gasteiger charge is 2.16. The summed E-state index contributed by atoms with van der Waals surface area (Å²) < 4.78 is 6.79. The topological polar surface area (TPSA) is 69.0 Å². The molecule has 1 saturated heterocycles. The van der Waals surface area contributed by atoms with E-state index in [9.17, 15) is 4.79 Å². The molecule has 6 nitrogen and oxygen atoms in total. The van der Waals surface area contributed by atoms with Crippen molar-refractivity contribution in [3.05, 3.63) is 58.2 Å². The summed E-state index contributed by atoms with van der Waals surface area (Å²) in [7, 11) is 0. The fourth-order valence-corrected chi connectivity index (χ4v) is 3.36. The maximum Gasteiger partial charge on any atom is 0.292 e. The molecule has 0 amide bonds. The molecule has 1 atom stereocenters. The van der Waals surface area contributed by atoms with Crippen LogP contribution in [-0.4, -0.2) is 34.5 Å². The number of pyridine rings is 1. The van der Waals surface area contributed by atoms with Crippen molar-refractivity contribution in [3.8, 4) is 5.69 Å². The van der Waals surface area contributed by atoms with Gasteiger partial charge in [0.05, 0.1) is 24.2 Å². The predicted octanol–water partition coefficient (Wildman–Crippen LogP) is 3.27. The summed E-state index contributed by atoms with van der Waals surface area (Å²) in [5.74, 6) is 0.427. The number of hydrogen-bond donors (Lipinski definition) is 1. The third-order valence-electron chi connectivity index (χ3n) is 4.62. The van der Waals surface area contributed by atoms with Crippen molar-refractivity contribution in [1.29, 1.82) is 0 Å². The molecule has 0 radical (unpaired) electrons. The van der Waals surface area contributed by atoms with Gasteiger partial charge in [0.15, 0.2) is 0 Å². The highest BCUT2D eigenvalue weighted by Crippen LogP contribution is 2.21. The Labute approximate surface area is 155 Å². The first kappa shape index (κ1) is 17.0. The molecule has 1 aliphatic heterocycles. The zero-order chi connectivity index (χ0) is 17.9. The number of aromatic nitrogens is 3. The first-order chi connectivity index (χ1) is 12.7. The molecule has 3 heterocycles. The monoisotopic (exact) mass is 370 g/mol. The van der Waals surface area contributed by atoms with E-state index < -0.39 is 0 Å². The smallest absolute Gasteiger partial charge is 0.292 e. The van der Waals surface area contributed by atoms with Gasteiger partial charge in [-0.2, -0.15) is 9.78 Å². The van der Waals surface area contributed by atoms with E-state index in [1.807, 2.05) is 24.3 Å². The normalized spacial score (nSPS) is 17.3. The van der Waals surface area contributed by atoms with Gasteiger partial charge in [-0.1, -0.05) is 17.7 Å². The molecular weight excluding hydrogens is 352 g/mol. The van der Waals surface area contributed by atoms with Crippen molar-refractivity contribution in [2.75, 3.05) is 25.1 Å². The maximum atomic E-state index is 12.7. The molecule has 0 aliphatic carbocycles. The van der Waals surface area contributed by atoms with Crippen molar-refractivity contribution < 1.29 is 4.74 Å². The van der Waals surface area contributed by atoms with Gasteiger partial charge in [-0.25, -0.2) is 0 Å². The second-order valence-corrected chi connectivity index (χ2v) is 6.84. The van der Waals surface area contributed by atoms with Crippen molar-refractivity contribution in [2.45, 2.75) is 12.8 Å². The first-order valence-corrected chi connectivity index (χ1v) is 9.04. The Hall–Kier alpha value is -2.44. The Morgan fingerprint density at radius 1 is 1.27 bits per heavy atom. The van der Waals surface area contributed by atoms with Crippen LogP contribution in [0.5, 0.6) is 0 Å². The van der Waals surface area contributed by atoms with Gasteiger partial charge < -0.3 is 10.1 Å². The third-order valence-corrected chi connectivity index (χ3v) is 4.99. The molecule has 3 aromatic rings. The Kier molecular flexibility index (Phi) is 4.86. The summed E-state index contributed by atoms with van der Waals surface area (Å²) in [5, 5.41) is 9.66. The highest BCUT2D eigenvalue weighted by atomic mass is 35.5. The van der Waals surface area contributed by atoms with E-state index in [0.29, 0.717) is 23.8 Å². The molecule has 0 saturated carbocycles. The molecule has 0 bridgehead atoms. The number of ether oxygens (including phenoxy) is 1. The van der Waals surface area contributed by atoms with Crippen LogP contribution in [0.1, 0.15) is 12.8 Å². The zero-order valence-corrected chi connectivity index (χ0v) is 14.9. The minimum absolute atomic E-state index is 0.145. The summed E-state index contributed by atoms with van der Waals surface area (Å²) in [6.45, 7) is 2.28. The van der Waals surface area contributed by atoms with E-state index in [-0.39, 0.29) is 10.6 Å². The highest BCUT2D eigenvalue weighted by molar-refractivity contribution is 6.32. The lowest BCUT2D eigenvalue weighted by Crippen LogP contribution is -2.26. The van der Waals surface area contributed by atoms with E-state index in [0.717, 1.165) is 36.8 Å². The van der Waals surface area contributed by atoms with E-state index in [2.05, 4.69) is 15.4 Å². The van der Waals surface area contributed by atoms with E-state index in [1.54, 1.807) is 18.6 Å². The maximum absolute atomic E-state index is 12.7. The van der Waals surface area contributed by atoms with E-state index >= 15 is 0 Å². The van der Waals surface area contributed by atoms with Crippen molar-refractivity contribution in [3.63, 3.8) is 0 Å². The minimum Gasteiger partial charge on any atom is -0.382 e. The van der Waals surface area contributed by atoms with Crippen LogP contribution >= 0.6 is 11.6 Å². The summed E-state index contributed by atoms with van der Waals surface area (Å²) in [5.41, 5.74) is 0.885. The Bertz CT molecular complexity index is 983. The molecule has 7 heteroatoms. The quantitative estimate of drug-likeness (QED) is 0.763. The Morgan fingerprint density at radius 3 is 3.04 bits per heavy atom. The summed E-state index contributed by atoms with van der Waals surface area (Å²) in [4.78, 5) is 16.8. The Balaban J connectivity index is 1.59. The lowest BCUT2D eigenvalue weighted by molar-refractivity contribution is 0.0595. The molecule has 1 N–H and O–H groups in total. The van der Waals surface area contributed by atoms with Gasteiger partial charge in [0, 0.05) is 30.9 Å². The number of nitrogens with one attached hydrogen (secondary N) is 1. The van der Waals surface area contributed by atoms with Crippen LogP contribution in [0, 0.1) is 5.92 Å². The molecule has 26 heavy (non-hydrogen) atoms. The van der Waals surface area contributed by atoms with E-state index in [4.69, 9.17) is 16.3 Å². The van der Waals surface area contributed by atoms with Gasteiger partial charge in [0.2, 0.25) is 0 Å². The second-order valence-electron chi connectivity index (χ2n) is 6.46. The predicted molar refractivity (Wildman–Crippen MR) is 102 cm³/mol. The molecule has 4 rings (SSSR count). The van der Waals surface area contributed by atoms with Crippen LogP contribution in [0.4, 0.5) is 5.69 Å². The average molecular weight is 371 g/mol. The van der Waals surface area contributed by atoms with Crippen LogP contribution in [0.3, 0.4) is 0 Å². The fraction of sp³-hybridized carbons (Fsp3) is 0.316. The van der Waals surface area contributed by atoms with Crippen LogP contribution in [0.2, 0.25) is 5.02 Å². The number of fused-ring (bicyclic) bond motifs is 1. The summed E-state index contributed by atoms with van der Waals surface area (Å²) >= 11 is 6.31. The SMILES string of the molecule is O=c1c(Cl)c(NCC2CCCOC2)cnn1-c1ccc2cnccc2c1. The number of nitrogens with zero attached hydrogens (tertiary/aromatic N) is 3. The molecule has 0 spiro atoms. The molecule has 2 aromatic heterocycles. The van der Waals surface area contributed by atoms with Gasteiger partial charge >= 0.3 is 0 Å². The van der Waals surface area contributed by atoms with Gasteiger partial charge in [-0.15, -0.1) is 0 Å². The van der Waals surface area contributed by atoms with Crippen LogP contribution in [0.25, 0.3) is 16.5 Å². The zero-order valence-electron chi connectivity index (χ0n) is 14.2. The molecule has 1 aromatic carbocycles. The number of benzene rings is 1. The van der Waals surface area contributed by atoms with Crippen LogP contribution in [0.15, 0.2) is 47.7 Å². The largest absolute Gasteiger partial charge is 0.382 e. The van der Waals surface area contributed by atoms with Gasteiger partial charge in [0.1, 0.15) is 5.02 Å². The molecule has 134 valence electrons. The third kappa shape index (κ3) is 3.43. The molecule has 1 fully saturated rings. The molecule has 1 unspecified atom stereocenters. The van der Waals surface area contributed by atoms with Crippen LogP contribution < -0.4 is 10.9 Å². The summed E-state index contributed by atoms with van der Waals surface area (Å²) in [6, 6.07) is 7.54. The standard InChI is InChI=1S/C19H19ClN4O2/c20-18-17(22-9-13-2-1-7-26-12-13)11-23-24(19(18)25)16-4-3-15-10-21-6-5-14(15)8-16/h3-6,8,10-11,13,22H,1-2,7,9,12H2. The number of anilines is 1. The van der Waals surface area contributed by atoms with Crippen molar-refractivity contribution >= 4 is 28.1 Å². The number of halogens is 1.